The molecule has 0 aliphatic heterocycles. The van der Waals surface area contributed by atoms with Crippen LogP contribution >= 0.6 is 0 Å². The summed E-state index contributed by atoms with van der Waals surface area (Å²) in [6.45, 7) is 2.21. The molecule has 1 saturated carbocycles. The fourth-order valence-electron chi connectivity index (χ4n) is 2.35. The number of carbonyl (C=O) groups excluding carboxylic acids is 1. The molecule has 1 aliphatic rings. The first kappa shape index (κ1) is 13.8. The van der Waals surface area contributed by atoms with Crippen LogP contribution in [-0.4, -0.2) is 18.1 Å². The van der Waals surface area contributed by atoms with E-state index in [0.29, 0.717) is 30.9 Å². The van der Waals surface area contributed by atoms with Gasteiger partial charge >= 0.3 is 0 Å². The Labute approximate surface area is 112 Å². The Bertz CT molecular complexity index is 471. The lowest BCUT2D eigenvalue weighted by Crippen LogP contribution is -2.48. The predicted octanol–water partition coefficient (Wildman–Crippen LogP) is 2.43. The molecule has 5 heteroatoms. The molecule has 1 fully saturated rings. The van der Waals surface area contributed by atoms with E-state index in [1.807, 2.05) is 0 Å². The first-order chi connectivity index (χ1) is 9.05. The average molecular weight is 266 g/mol. The minimum Gasteiger partial charge on any atom is -0.492 e. The van der Waals surface area contributed by atoms with Gasteiger partial charge in [-0.05, 0) is 31.9 Å². The summed E-state index contributed by atoms with van der Waals surface area (Å²) in [5.41, 5.74) is 5.73. The molecule has 3 N–H and O–H groups in total. The van der Waals surface area contributed by atoms with Crippen LogP contribution in [-0.2, 0) is 4.79 Å². The van der Waals surface area contributed by atoms with Crippen molar-refractivity contribution in [3.63, 3.8) is 0 Å². The van der Waals surface area contributed by atoms with Gasteiger partial charge in [-0.1, -0.05) is 12.8 Å². The van der Waals surface area contributed by atoms with Crippen LogP contribution < -0.4 is 15.8 Å². The van der Waals surface area contributed by atoms with Gasteiger partial charge in [0, 0.05) is 6.07 Å². The Morgan fingerprint density at radius 1 is 1.47 bits per heavy atom. The predicted molar refractivity (Wildman–Crippen MR) is 71.6 cm³/mol. The minimum absolute atomic E-state index is 0.224. The third-order valence-corrected chi connectivity index (χ3v) is 3.44. The van der Waals surface area contributed by atoms with Gasteiger partial charge in [0.25, 0.3) is 0 Å². The Morgan fingerprint density at radius 3 is 2.79 bits per heavy atom. The number of rotatable bonds is 4. The maximum atomic E-state index is 13.2. The van der Waals surface area contributed by atoms with E-state index in [9.17, 15) is 9.18 Å². The van der Waals surface area contributed by atoms with Crippen LogP contribution in [0.4, 0.5) is 10.1 Å². The zero-order chi connectivity index (χ0) is 13.9. The quantitative estimate of drug-likeness (QED) is 0.879. The summed E-state index contributed by atoms with van der Waals surface area (Å²) < 4.78 is 18.5. The first-order valence-corrected chi connectivity index (χ1v) is 6.58. The van der Waals surface area contributed by atoms with Crippen LogP contribution in [0.5, 0.6) is 5.75 Å². The molecule has 0 heterocycles. The summed E-state index contributed by atoms with van der Waals surface area (Å²) in [6, 6.07) is 4.05. The van der Waals surface area contributed by atoms with Crippen molar-refractivity contribution in [1.82, 2.24) is 0 Å². The maximum absolute atomic E-state index is 13.2. The summed E-state index contributed by atoms with van der Waals surface area (Å²) >= 11 is 0. The van der Waals surface area contributed by atoms with Gasteiger partial charge in [-0.15, -0.1) is 0 Å². The van der Waals surface area contributed by atoms with Gasteiger partial charge in [-0.3, -0.25) is 4.79 Å². The first-order valence-electron chi connectivity index (χ1n) is 6.58. The van der Waals surface area contributed by atoms with Gasteiger partial charge in [0.15, 0.2) is 0 Å². The highest BCUT2D eigenvalue weighted by molar-refractivity contribution is 5.99. The van der Waals surface area contributed by atoms with Gasteiger partial charge in [0.2, 0.25) is 5.91 Å². The monoisotopic (exact) mass is 266 g/mol. The lowest BCUT2D eigenvalue weighted by Gasteiger charge is -2.23. The highest BCUT2D eigenvalue weighted by Crippen LogP contribution is 2.31. The molecule has 0 atom stereocenters. The average Bonchev–Trinajstić information content (AvgIpc) is 2.81. The van der Waals surface area contributed by atoms with Crippen molar-refractivity contribution in [2.75, 3.05) is 11.9 Å². The van der Waals surface area contributed by atoms with Crippen LogP contribution in [0.25, 0.3) is 0 Å². The van der Waals surface area contributed by atoms with E-state index in [0.717, 1.165) is 12.8 Å². The maximum Gasteiger partial charge on any atom is 0.244 e. The van der Waals surface area contributed by atoms with E-state index in [-0.39, 0.29) is 5.91 Å². The number of halogens is 1. The largest absolute Gasteiger partial charge is 0.492 e. The number of carbonyl (C=O) groups is 1. The summed E-state index contributed by atoms with van der Waals surface area (Å²) in [5.74, 6) is -0.292. The Balaban J connectivity index is 2.16. The number of amides is 1. The fraction of sp³-hybridized carbons (Fsp3) is 0.500. The second kappa shape index (κ2) is 5.57. The molecular weight excluding hydrogens is 247 g/mol. The molecule has 0 saturated heterocycles. The lowest BCUT2D eigenvalue weighted by molar-refractivity contribution is -0.121. The Hall–Kier alpha value is -1.62. The molecule has 0 radical (unpaired) electrons. The fourth-order valence-corrected chi connectivity index (χ4v) is 2.35. The molecule has 104 valence electrons. The molecule has 19 heavy (non-hydrogen) atoms. The number of nitrogens with one attached hydrogen (secondary N) is 1. The SMILES string of the molecule is CCOc1cc(F)ccc1NC(=O)C1(N)CCCC1. The molecule has 1 aromatic carbocycles. The number of nitrogens with two attached hydrogens (primary N) is 1. The Kier molecular flexibility index (Phi) is 4.04. The highest BCUT2D eigenvalue weighted by atomic mass is 19.1. The minimum atomic E-state index is -0.808. The highest BCUT2D eigenvalue weighted by Gasteiger charge is 2.37. The lowest BCUT2D eigenvalue weighted by atomic mass is 9.98. The molecule has 0 spiro atoms. The van der Waals surface area contributed by atoms with Crippen LogP contribution in [0.2, 0.25) is 0 Å². The van der Waals surface area contributed by atoms with Crippen LogP contribution in [0, 0.1) is 5.82 Å². The molecule has 0 bridgehead atoms. The zero-order valence-corrected chi connectivity index (χ0v) is 11.0. The number of hydrogen-bond donors (Lipinski definition) is 2. The van der Waals surface area contributed by atoms with Crippen molar-refractivity contribution in [2.24, 2.45) is 5.73 Å². The molecule has 1 aliphatic carbocycles. The van der Waals surface area contributed by atoms with Gasteiger partial charge in [-0.25, -0.2) is 4.39 Å². The van der Waals surface area contributed by atoms with E-state index < -0.39 is 11.4 Å². The molecule has 1 aromatic rings. The number of benzene rings is 1. The van der Waals surface area contributed by atoms with Crippen LogP contribution in [0.1, 0.15) is 32.6 Å². The number of anilines is 1. The summed E-state index contributed by atoms with van der Waals surface area (Å²) in [6.07, 6.45) is 3.30. The second-order valence-electron chi connectivity index (χ2n) is 4.89. The summed E-state index contributed by atoms with van der Waals surface area (Å²) in [4.78, 5) is 12.2. The normalized spacial score (nSPS) is 17.2. The van der Waals surface area contributed by atoms with Crippen molar-refractivity contribution in [1.29, 1.82) is 0 Å². The van der Waals surface area contributed by atoms with E-state index in [2.05, 4.69) is 5.32 Å². The third-order valence-electron chi connectivity index (χ3n) is 3.44. The van der Waals surface area contributed by atoms with Gasteiger partial charge in [0.1, 0.15) is 11.6 Å². The van der Waals surface area contributed by atoms with Gasteiger partial charge < -0.3 is 15.8 Å². The summed E-state index contributed by atoms with van der Waals surface area (Å²) in [7, 11) is 0. The number of ether oxygens (including phenoxy) is 1. The van der Waals surface area contributed by atoms with E-state index in [1.165, 1.54) is 18.2 Å². The van der Waals surface area contributed by atoms with Gasteiger partial charge in [-0.2, -0.15) is 0 Å². The van der Waals surface area contributed by atoms with Crippen LogP contribution in [0.15, 0.2) is 18.2 Å². The molecule has 1 amide bonds. The van der Waals surface area contributed by atoms with Crippen molar-refractivity contribution in [2.45, 2.75) is 38.1 Å². The van der Waals surface area contributed by atoms with Crippen molar-refractivity contribution >= 4 is 11.6 Å². The zero-order valence-electron chi connectivity index (χ0n) is 11.0. The number of hydrogen-bond acceptors (Lipinski definition) is 3. The standard InChI is InChI=1S/C14H19FN2O2/c1-2-19-12-9-10(15)5-6-11(12)17-13(18)14(16)7-3-4-8-14/h5-6,9H,2-4,7-8,16H2,1H3,(H,17,18). The molecule has 0 unspecified atom stereocenters. The second-order valence-corrected chi connectivity index (χ2v) is 4.89. The van der Waals surface area contributed by atoms with Crippen molar-refractivity contribution in [3.05, 3.63) is 24.0 Å². The Morgan fingerprint density at radius 2 is 2.16 bits per heavy atom. The molecule has 4 nitrogen and oxygen atoms in total. The van der Waals surface area contributed by atoms with Crippen molar-refractivity contribution < 1.29 is 13.9 Å². The van der Waals surface area contributed by atoms with E-state index in [4.69, 9.17) is 10.5 Å². The molecule has 0 aromatic heterocycles. The topological polar surface area (TPSA) is 64.3 Å². The van der Waals surface area contributed by atoms with Crippen LogP contribution in [0.3, 0.4) is 0 Å². The van der Waals surface area contributed by atoms with E-state index in [1.54, 1.807) is 6.92 Å². The van der Waals surface area contributed by atoms with E-state index >= 15 is 0 Å². The molecule has 2 rings (SSSR count). The van der Waals surface area contributed by atoms with Gasteiger partial charge in [0.05, 0.1) is 17.8 Å². The van der Waals surface area contributed by atoms with Crippen molar-refractivity contribution in [3.8, 4) is 5.75 Å². The molecular formula is C14H19FN2O2. The third kappa shape index (κ3) is 3.04. The smallest absolute Gasteiger partial charge is 0.244 e. The summed E-state index contributed by atoms with van der Waals surface area (Å²) in [5, 5.41) is 2.75.